The number of aromatic nitrogens is 1. The van der Waals surface area contributed by atoms with Crippen molar-refractivity contribution in [2.45, 2.75) is 6.92 Å². The van der Waals surface area contributed by atoms with Crippen molar-refractivity contribution >= 4 is 27.5 Å². The van der Waals surface area contributed by atoms with Crippen LogP contribution in [-0.4, -0.2) is 18.0 Å². The van der Waals surface area contributed by atoms with Gasteiger partial charge in [-0.05, 0) is 36.8 Å². The van der Waals surface area contributed by atoms with Gasteiger partial charge in [-0.1, -0.05) is 15.9 Å². The van der Waals surface area contributed by atoms with Gasteiger partial charge in [-0.25, -0.2) is 0 Å². The number of carbonyl (C=O) groups is 1. The number of nitrogens with one attached hydrogen (secondary N) is 1. The fraction of sp³-hybridized carbons (Fsp3) is 0.143. The number of hydrogen-bond acceptors (Lipinski definition) is 3. The van der Waals surface area contributed by atoms with Gasteiger partial charge in [-0.3, -0.25) is 9.78 Å². The maximum absolute atomic E-state index is 12.2. The number of methoxy groups -OCH3 is 1. The van der Waals surface area contributed by atoms with Crippen molar-refractivity contribution in [1.29, 1.82) is 0 Å². The van der Waals surface area contributed by atoms with Gasteiger partial charge in [0.1, 0.15) is 5.75 Å². The monoisotopic (exact) mass is 320 g/mol. The van der Waals surface area contributed by atoms with Crippen LogP contribution < -0.4 is 10.1 Å². The van der Waals surface area contributed by atoms with Gasteiger partial charge in [0, 0.05) is 16.4 Å². The van der Waals surface area contributed by atoms with E-state index in [0.29, 0.717) is 11.3 Å². The summed E-state index contributed by atoms with van der Waals surface area (Å²) in [7, 11) is 1.51. The molecule has 1 aromatic carbocycles. The van der Waals surface area contributed by atoms with Crippen molar-refractivity contribution in [3.8, 4) is 5.75 Å². The van der Waals surface area contributed by atoms with Gasteiger partial charge >= 0.3 is 0 Å². The highest BCUT2D eigenvalue weighted by atomic mass is 79.9. The van der Waals surface area contributed by atoms with E-state index >= 15 is 0 Å². The Labute approximate surface area is 119 Å². The first kappa shape index (κ1) is 13.5. The summed E-state index contributed by atoms with van der Waals surface area (Å²) in [5, 5.41) is 2.86. The lowest BCUT2D eigenvalue weighted by atomic mass is 10.2. The molecule has 4 nitrogen and oxygen atoms in total. The number of carbonyl (C=O) groups excluding carboxylic acids is 1. The van der Waals surface area contributed by atoms with Crippen LogP contribution >= 0.6 is 15.9 Å². The molecular weight excluding hydrogens is 308 g/mol. The first-order valence-electron chi connectivity index (χ1n) is 5.67. The molecule has 0 saturated heterocycles. The predicted octanol–water partition coefficient (Wildman–Crippen LogP) is 3.41. The van der Waals surface area contributed by atoms with Crippen molar-refractivity contribution in [2.24, 2.45) is 0 Å². The van der Waals surface area contributed by atoms with Gasteiger partial charge in [-0.15, -0.1) is 0 Å². The molecule has 19 heavy (non-hydrogen) atoms. The average Bonchev–Trinajstić information content (AvgIpc) is 2.41. The number of rotatable bonds is 3. The van der Waals surface area contributed by atoms with E-state index in [2.05, 4.69) is 26.2 Å². The van der Waals surface area contributed by atoms with Crippen LogP contribution in [0, 0.1) is 6.92 Å². The van der Waals surface area contributed by atoms with Crippen LogP contribution in [0.1, 0.15) is 15.9 Å². The van der Waals surface area contributed by atoms with Crippen molar-refractivity contribution < 1.29 is 9.53 Å². The number of amides is 1. The molecule has 0 unspecified atom stereocenters. The zero-order valence-corrected chi connectivity index (χ0v) is 12.2. The summed E-state index contributed by atoms with van der Waals surface area (Å²) in [5.74, 6) is 0.236. The van der Waals surface area contributed by atoms with Crippen molar-refractivity contribution in [1.82, 2.24) is 4.98 Å². The molecule has 0 aliphatic rings. The van der Waals surface area contributed by atoms with E-state index in [1.807, 2.05) is 25.1 Å². The maximum Gasteiger partial charge on any atom is 0.259 e. The number of nitrogens with zero attached hydrogens (tertiary/aromatic N) is 1. The second kappa shape index (κ2) is 5.84. The summed E-state index contributed by atoms with van der Waals surface area (Å²) in [6.45, 7) is 1.93. The molecule has 0 aliphatic carbocycles. The van der Waals surface area contributed by atoms with E-state index in [1.54, 1.807) is 12.3 Å². The van der Waals surface area contributed by atoms with Crippen LogP contribution in [0.2, 0.25) is 0 Å². The molecule has 0 saturated carbocycles. The molecule has 2 aromatic rings. The molecule has 1 N–H and O–H groups in total. The summed E-state index contributed by atoms with van der Waals surface area (Å²) in [6, 6.07) is 7.30. The molecule has 0 radical (unpaired) electrons. The van der Waals surface area contributed by atoms with Gasteiger partial charge in [-0.2, -0.15) is 0 Å². The Bertz CT molecular complexity index is 614. The summed E-state index contributed by atoms with van der Waals surface area (Å²) < 4.78 is 6.10. The normalized spacial score (nSPS) is 10.1. The lowest BCUT2D eigenvalue weighted by Crippen LogP contribution is -2.14. The van der Waals surface area contributed by atoms with Gasteiger partial charge < -0.3 is 10.1 Å². The minimum absolute atomic E-state index is 0.218. The van der Waals surface area contributed by atoms with E-state index in [4.69, 9.17) is 4.74 Å². The number of ether oxygens (including phenoxy) is 1. The third-order valence-corrected chi connectivity index (χ3v) is 3.18. The van der Waals surface area contributed by atoms with Crippen LogP contribution in [0.4, 0.5) is 5.69 Å². The average molecular weight is 321 g/mol. The van der Waals surface area contributed by atoms with E-state index in [0.717, 1.165) is 15.7 Å². The number of benzene rings is 1. The number of halogens is 1. The minimum Gasteiger partial charge on any atom is -0.494 e. The summed E-state index contributed by atoms with van der Waals surface area (Å²) >= 11 is 3.39. The van der Waals surface area contributed by atoms with Gasteiger partial charge in [0.05, 0.1) is 18.9 Å². The molecule has 0 spiro atoms. The Balaban J connectivity index is 2.26. The Morgan fingerprint density at radius 2 is 2.16 bits per heavy atom. The molecule has 98 valence electrons. The molecule has 0 bridgehead atoms. The number of anilines is 1. The van der Waals surface area contributed by atoms with Gasteiger partial charge in [0.25, 0.3) is 5.91 Å². The molecular formula is C14H13BrN2O2. The molecule has 2 rings (SSSR count). The molecule has 0 aliphatic heterocycles. The van der Waals surface area contributed by atoms with Crippen molar-refractivity contribution in [3.05, 3.63) is 52.3 Å². The molecule has 0 fully saturated rings. The molecule has 5 heteroatoms. The maximum atomic E-state index is 12.2. The predicted molar refractivity (Wildman–Crippen MR) is 77.6 cm³/mol. The first-order chi connectivity index (χ1) is 9.11. The quantitative estimate of drug-likeness (QED) is 0.942. The van der Waals surface area contributed by atoms with Crippen LogP contribution in [0.5, 0.6) is 5.75 Å². The third-order valence-electron chi connectivity index (χ3n) is 2.69. The SMILES string of the molecule is COc1cnccc1C(=O)Nc1ccc(Br)cc1C. The standard InChI is InChI=1S/C14H13BrN2O2/c1-9-7-10(15)3-4-12(9)17-14(18)11-5-6-16-8-13(11)19-2/h3-8H,1-2H3,(H,17,18). The van der Waals surface area contributed by atoms with Crippen LogP contribution in [0.15, 0.2) is 41.1 Å². The number of hydrogen-bond donors (Lipinski definition) is 1. The summed E-state index contributed by atoms with van der Waals surface area (Å²) in [4.78, 5) is 16.1. The highest BCUT2D eigenvalue weighted by Gasteiger charge is 2.13. The lowest BCUT2D eigenvalue weighted by molar-refractivity contribution is 0.102. The summed E-state index contributed by atoms with van der Waals surface area (Å²) in [6.07, 6.45) is 3.08. The van der Waals surface area contributed by atoms with Gasteiger partial charge in [0.15, 0.2) is 0 Å². The Morgan fingerprint density at radius 3 is 2.84 bits per heavy atom. The second-order valence-electron chi connectivity index (χ2n) is 3.99. The van der Waals surface area contributed by atoms with E-state index < -0.39 is 0 Å². The minimum atomic E-state index is -0.218. The van der Waals surface area contributed by atoms with Crippen LogP contribution in [0.25, 0.3) is 0 Å². The Morgan fingerprint density at radius 1 is 1.37 bits per heavy atom. The second-order valence-corrected chi connectivity index (χ2v) is 4.91. The molecule has 1 aromatic heterocycles. The largest absolute Gasteiger partial charge is 0.494 e. The van der Waals surface area contributed by atoms with Crippen LogP contribution in [-0.2, 0) is 0 Å². The van der Waals surface area contributed by atoms with E-state index in [1.165, 1.54) is 13.3 Å². The third kappa shape index (κ3) is 3.12. The fourth-order valence-corrected chi connectivity index (χ4v) is 2.16. The molecule has 1 heterocycles. The summed E-state index contributed by atoms with van der Waals surface area (Å²) in [5.41, 5.74) is 2.21. The number of pyridine rings is 1. The zero-order chi connectivity index (χ0) is 13.8. The molecule has 0 atom stereocenters. The van der Waals surface area contributed by atoms with E-state index in [9.17, 15) is 4.79 Å². The topological polar surface area (TPSA) is 51.2 Å². The smallest absolute Gasteiger partial charge is 0.259 e. The fourth-order valence-electron chi connectivity index (χ4n) is 1.69. The van der Waals surface area contributed by atoms with E-state index in [-0.39, 0.29) is 5.91 Å². The lowest BCUT2D eigenvalue weighted by Gasteiger charge is -2.10. The van der Waals surface area contributed by atoms with Crippen molar-refractivity contribution in [3.63, 3.8) is 0 Å². The Kier molecular flexibility index (Phi) is 4.16. The van der Waals surface area contributed by atoms with Crippen molar-refractivity contribution in [2.75, 3.05) is 12.4 Å². The van der Waals surface area contributed by atoms with Gasteiger partial charge in [0.2, 0.25) is 0 Å². The Hall–Kier alpha value is -1.88. The highest BCUT2D eigenvalue weighted by molar-refractivity contribution is 9.10. The zero-order valence-electron chi connectivity index (χ0n) is 10.6. The first-order valence-corrected chi connectivity index (χ1v) is 6.46. The molecule has 1 amide bonds. The number of aryl methyl sites for hydroxylation is 1. The highest BCUT2D eigenvalue weighted by Crippen LogP contribution is 2.22. The van der Waals surface area contributed by atoms with Crippen LogP contribution in [0.3, 0.4) is 0 Å².